The van der Waals surface area contributed by atoms with E-state index in [-0.39, 0.29) is 11.1 Å². The zero-order valence-corrected chi connectivity index (χ0v) is 27.9. The van der Waals surface area contributed by atoms with Crippen molar-refractivity contribution in [2.75, 3.05) is 6.61 Å². The van der Waals surface area contributed by atoms with E-state index in [1.165, 1.54) is 13.0 Å². The summed E-state index contributed by atoms with van der Waals surface area (Å²) in [7, 11) is 0. The predicted molar refractivity (Wildman–Crippen MR) is 169 cm³/mol. The van der Waals surface area contributed by atoms with E-state index in [9.17, 15) is 54.9 Å². The Morgan fingerprint density at radius 3 is 2.00 bits per heavy atom. The fourth-order valence-corrected chi connectivity index (χ4v) is 5.79. The highest BCUT2D eigenvalue weighted by Crippen LogP contribution is 2.39. The number of aromatic hydroxyl groups is 4. The van der Waals surface area contributed by atoms with Crippen LogP contribution in [0.15, 0.2) is 39.5 Å². The second-order valence-corrected chi connectivity index (χ2v) is 12.0. The van der Waals surface area contributed by atoms with Crippen LogP contribution in [-0.4, -0.2) is 122 Å². The Bertz CT molecular complexity index is 1890. The van der Waals surface area contributed by atoms with Gasteiger partial charge in [-0.15, -0.1) is 0 Å². The lowest BCUT2D eigenvalue weighted by atomic mass is 9.98. The smallest absolute Gasteiger partial charge is 0.303 e. The van der Waals surface area contributed by atoms with Crippen molar-refractivity contribution < 1.29 is 87.7 Å². The van der Waals surface area contributed by atoms with E-state index >= 15 is 0 Å². The van der Waals surface area contributed by atoms with Crippen LogP contribution in [0.4, 0.5) is 0 Å². The second kappa shape index (κ2) is 15.2. The van der Waals surface area contributed by atoms with Crippen LogP contribution in [0.25, 0.3) is 22.3 Å². The molecule has 10 atom stereocenters. The summed E-state index contributed by atoms with van der Waals surface area (Å²) >= 11 is 0. The standard InChI is InChI=1S/C33H36O19/c1-11-27(47-12(2)34)30(48-13(3)35)31(49-14(4)36)33(46-11)45-10-21-23(41)25(43)26(44)32(51-21)52-29-24(42)22-19(40)8-16(37)9-20(22)50-28(29)15-5-6-17(38)18(39)7-15/h5-9,11,21,23,25-27,30-33,37-41,43-44H,10H2,1-4H3/t11-,21+,23+,25-,26+,27-,30+,31+,32-,33+/m0/s1. The van der Waals surface area contributed by atoms with Crippen LogP contribution in [0, 0.1) is 0 Å². The van der Waals surface area contributed by atoms with Gasteiger partial charge in [0.25, 0.3) is 0 Å². The first-order valence-electron chi connectivity index (χ1n) is 15.7. The van der Waals surface area contributed by atoms with Gasteiger partial charge in [-0.3, -0.25) is 19.2 Å². The van der Waals surface area contributed by atoms with Crippen LogP contribution in [0.2, 0.25) is 0 Å². The molecule has 19 heteroatoms. The highest BCUT2D eigenvalue weighted by atomic mass is 16.7. The van der Waals surface area contributed by atoms with Crippen molar-refractivity contribution in [3.63, 3.8) is 0 Å². The maximum atomic E-state index is 13.8. The molecular formula is C33H36O19. The van der Waals surface area contributed by atoms with Crippen LogP contribution in [0.5, 0.6) is 28.7 Å². The van der Waals surface area contributed by atoms with Gasteiger partial charge in [-0.2, -0.15) is 0 Å². The summed E-state index contributed by atoms with van der Waals surface area (Å²) in [4.78, 5) is 49.6. The number of esters is 3. The molecule has 282 valence electrons. The minimum atomic E-state index is -2.03. The van der Waals surface area contributed by atoms with Gasteiger partial charge in [0.2, 0.25) is 17.5 Å². The molecule has 7 N–H and O–H groups in total. The number of aliphatic hydroxyl groups excluding tert-OH is 3. The molecule has 2 fully saturated rings. The SMILES string of the molecule is CC(=O)O[C@@H]1[C@@H](OC(C)=O)[C@H](C)O[C@@H](OC[C@H]2O[C@@H](Oc3c(-c4ccc(O)c(O)c4)oc4cc(O)cc(O)c4c3=O)[C@H](O)[C@@H](O)[C@@H]2O)[C@@H]1OC(C)=O. The molecule has 2 aromatic carbocycles. The molecule has 0 bridgehead atoms. The van der Waals surface area contributed by atoms with Crippen LogP contribution in [0.1, 0.15) is 27.7 Å². The number of carbonyl (C=O) groups excluding carboxylic acids is 3. The largest absolute Gasteiger partial charge is 0.508 e. The van der Waals surface area contributed by atoms with E-state index in [0.29, 0.717) is 0 Å². The lowest BCUT2D eigenvalue weighted by Gasteiger charge is -2.44. The molecule has 0 saturated carbocycles. The van der Waals surface area contributed by atoms with E-state index < -0.39 is 131 Å². The Labute approximate surface area is 293 Å². The monoisotopic (exact) mass is 736 g/mol. The molecule has 2 aliphatic rings. The number of phenolic OH excluding ortho intramolecular Hbond substituents is 4. The average molecular weight is 737 g/mol. The minimum Gasteiger partial charge on any atom is -0.508 e. The van der Waals surface area contributed by atoms with Crippen molar-refractivity contribution in [1.82, 2.24) is 0 Å². The van der Waals surface area contributed by atoms with Crippen molar-refractivity contribution in [3.05, 3.63) is 40.6 Å². The Morgan fingerprint density at radius 2 is 1.37 bits per heavy atom. The average Bonchev–Trinajstić information content (AvgIpc) is 3.05. The fourth-order valence-electron chi connectivity index (χ4n) is 5.79. The molecule has 5 rings (SSSR count). The number of ether oxygens (including phenoxy) is 7. The summed E-state index contributed by atoms with van der Waals surface area (Å²) in [5.74, 6) is -5.94. The van der Waals surface area contributed by atoms with Gasteiger partial charge in [0.05, 0.1) is 12.7 Å². The van der Waals surface area contributed by atoms with E-state index in [1.54, 1.807) is 0 Å². The Morgan fingerprint density at radius 1 is 0.731 bits per heavy atom. The first kappa shape index (κ1) is 38.1. The summed E-state index contributed by atoms with van der Waals surface area (Å²) in [6.07, 6.45) is -16.2. The maximum Gasteiger partial charge on any atom is 0.303 e. The number of hydrogen-bond acceptors (Lipinski definition) is 19. The van der Waals surface area contributed by atoms with Crippen LogP contribution >= 0.6 is 0 Å². The highest BCUT2D eigenvalue weighted by Gasteiger charge is 2.52. The summed E-state index contributed by atoms with van der Waals surface area (Å²) in [6, 6.07) is 5.16. The molecule has 0 radical (unpaired) electrons. The molecule has 2 saturated heterocycles. The third-order valence-corrected chi connectivity index (χ3v) is 8.12. The minimum absolute atomic E-state index is 0.0626. The van der Waals surface area contributed by atoms with E-state index in [0.717, 1.165) is 45.0 Å². The number of fused-ring (bicyclic) bond motifs is 1. The first-order valence-corrected chi connectivity index (χ1v) is 15.7. The number of carbonyl (C=O) groups is 3. The first-order chi connectivity index (χ1) is 24.5. The van der Waals surface area contributed by atoms with Gasteiger partial charge in [-0.05, 0) is 25.1 Å². The van der Waals surface area contributed by atoms with Gasteiger partial charge in [0.15, 0.2) is 41.9 Å². The quantitative estimate of drug-likeness (QED) is 0.0866. The molecule has 19 nitrogen and oxygen atoms in total. The van der Waals surface area contributed by atoms with Gasteiger partial charge in [0, 0.05) is 38.5 Å². The van der Waals surface area contributed by atoms with Gasteiger partial charge >= 0.3 is 17.9 Å². The predicted octanol–water partition coefficient (Wildman–Crippen LogP) is 0.0253. The lowest BCUT2D eigenvalue weighted by Crippen LogP contribution is -2.63. The van der Waals surface area contributed by atoms with Crippen LogP contribution < -0.4 is 10.2 Å². The Hall–Kier alpha value is -5.18. The van der Waals surface area contributed by atoms with Crippen LogP contribution in [-0.2, 0) is 42.8 Å². The van der Waals surface area contributed by atoms with Crippen molar-refractivity contribution in [1.29, 1.82) is 0 Å². The van der Waals surface area contributed by atoms with Crippen molar-refractivity contribution >= 4 is 28.9 Å². The van der Waals surface area contributed by atoms with Crippen LogP contribution in [0.3, 0.4) is 0 Å². The third-order valence-electron chi connectivity index (χ3n) is 8.12. The molecule has 0 spiro atoms. The number of aliphatic hydroxyl groups is 3. The summed E-state index contributed by atoms with van der Waals surface area (Å²) in [6.45, 7) is 4.00. The van der Waals surface area contributed by atoms with Gasteiger partial charge in [0.1, 0.15) is 46.9 Å². The van der Waals surface area contributed by atoms with Crippen molar-refractivity contribution in [2.45, 2.75) is 89.1 Å². The zero-order valence-electron chi connectivity index (χ0n) is 27.9. The molecule has 0 amide bonds. The van der Waals surface area contributed by atoms with Crippen molar-refractivity contribution in [2.24, 2.45) is 0 Å². The normalized spacial score (nSPS) is 28.9. The maximum absolute atomic E-state index is 13.8. The second-order valence-electron chi connectivity index (χ2n) is 12.0. The molecule has 3 aromatic rings. The molecule has 52 heavy (non-hydrogen) atoms. The number of benzene rings is 2. The van der Waals surface area contributed by atoms with E-state index in [2.05, 4.69) is 0 Å². The Balaban J connectivity index is 1.46. The highest BCUT2D eigenvalue weighted by molar-refractivity contribution is 5.88. The van der Waals surface area contributed by atoms with Gasteiger partial charge < -0.3 is 73.3 Å². The molecule has 0 aliphatic carbocycles. The molecule has 2 aliphatic heterocycles. The lowest BCUT2D eigenvalue weighted by molar-refractivity contribution is -0.321. The van der Waals surface area contributed by atoms with Gasteiger partial charge in [-0.25, -0.2) is 0 Å². The fraction of sp³-hybridized carbons (Fsp3) is 0.455. The number of phenols is 4. The molecular weight excluding hydrogens is 700 g/mol. The zero-order chi connectivity index (χ0) is 38.2. The van der Waals surface area contributed by atoms with E-state index in [4.69, 9.17) is 37.6 Å². The number of hydrogen-bond donors (Lipinski definition) is 7. The number of rotatable bonds is 9. The molecule has 1 aromatic heterocycles. The van der Waals surface area contributed by atoms with E-state index in [1.807, 2.05) is 0 Å². The molecule has 0 unspecified atom stereocenters. The molecule has 3 heterocycles. The summed E-state index contributed by atoms with van der Waals surface area (Å²) < 4.78 is 44.8. The summed E-state index contributed by atoms with van der Waals surface area (Å²) in [5, 5.41) is 72.5. The topological polar surface area (TPSA) is 288 Å². The summed E-state index contributed by atoms with van der Waals surface area (Å²) in [5.41, 5.74) is -1.44. The van der Waals surface area contributed by atoms with Gasteiger partial charge in [-0.1, -0.05) is 0 Å². The van der Waals surface area contributed by atoms with Crippen molar-refractivity contribution in [3.8, 4) is 40.1 Å². The third kappa shape index (κ3) is 7.83. The Kier molecular flexibility index (Phi) is 11.1.